The van der Waals surface area contributed by atoms with Crippen LogP contribution in [0.5, 0.6) is 0 Å². The normalized spacial score (nSPS) is 29.9. The van der Waals surface area contributed by atoms with E-state index >= 15 is 0 Å². The van der Waals surface area contributed by atoms with Crippen molar-refractivity contribution in [2.75, 3.05) is 19.6 Å². The van der Waals surface area contributed by atoms with Crippen molar-refractivity contribution >= 4 is 21.5 Å². The quantitative estimate of drug-likeness (QED) is 0.861. The fraction of sp³-hybridized carbons (Fsp3) is 0.714. The van der Waals surface area contributed by atoms with E-state index in [0.717, 1.165) is 25.7 Å². The largest absolute Gasteiger partial charge is 0.282 e. The first kappa shape index (κ1) is 14.5. The van der Waals surface area contributed by atoms with Crippen LogP contribution in [0, 0.1) is 5.92 Å². The van der Waals surface area contributed by atoms with Gasteiger partial charge in [-0.1, -0.05) is 13.0 Å². The molecule has 0 aromatic carbocycles. The molecule has 0 spiro atoms. The summed E-state index contributed by atoms with van der Waals surface area (Å²) in [7, 11) is -3.30. The van der Waals surface area contributed by atoms with Gasteiger partial charge < -0.3 is 0 Å². The highest BCUT2D eigenvalue weighted by Gasteiger charge is 2.40. The van der Waals surface area contributed by atoms with Crippen LogP contribution in [0.25, 0.3) is 0 Å². The number of piperidine rings is 1. The van der Waals surface area contributed by atoms with E-state index < -0.39 is 10.2 Å². The van der Waals surface area contributed by atoms with E-state index in [1.54, 1.807) is 19.9 Å². The van der Waals surface area contributed by atoms with Crippen LogP contribution in [0.4, 0.5) is 0 Å². The van der Waals surface area contributed by atoms with Crippen LogP contribution in [0.3, 0.4) is 0 Å². The lowest BCUT2D eigenvalue weighted by Gasteiger charge is -2.35. The molecule has 0 bridgehead atoms. The topological polar surface area (TPSA) is 40.6 Å². The summed E-state index contributed by atoms with van der Waals surface area (Å²) < 4.78 is 29.2. The number of hydrogen-bond acceptors (Lipinski definition) is 3. The van der Waals surface area contributed by atoms with Crippen LogP contribution in [0.1, 0.15) is 43.5 Å². The van der Waals surface area contributed by atoms with Crippen molar-refractivity contribution in [1.82, 2.24) is 8.61 Å². The molecule has 6 heteroatoms. The molecule has 3 heterocycles. The van der Waals surface area contributed by atoms with Crippen LogP contribution in [0.2, 0.25) is 0 Å². The van der Waals surface area contributed by atoms with Gasteiger partial charge in [0, 0.05) is 24.5 Å². The molecule has 2 unspecified atom stereocenters. The molecule has 1 aromatic rings. The lowest BCUT2D eigenvalue weighted by atomic mass is 10.0. The molecule has 2 saturated heterocycles. The maximum atomic E-state index is 12.9. The Labute approximate surface area is 125 Å². The summed E-state index contributed by atoms with van der Waals surface area (Å²) >= 11 is 1.66. The van der Waals surface area contributed by atoms with Crippen LogP contribution in [-0.2, 0) is 10.2 Å². The average Bonchev–Trinajstić information content (AvgIpc) is 3.09. The minimum absolute atomic E-state index is 0.0530. The van der Waals surface area contributed by atoms with Gasteiger partial charge in [-0.3, -0.25) is 0 Å². The van der Waals surface area contributed by atoms with Crippen molar-refractivity contribution < 1.29 is 8.42 Å². The van der Waals surface area contributed by atoms with Crippen molar-refractivity contribution in [2.24, 2.45) is 5.92 Å². The molecule has 20 heavy (non-hydrogen) atoms. The average molecular weight is 314 g/mol. The van der Waals surface area contributed by atoms with Gasteiger partial charge in [0.2, 0.25) is 0 Å². The fourth-order valence-electron chi connectivity index (χ4n) is 3.29. The number of nitrogens with zero attached hydrogens (tertiary/aromatic N) is 2. The molecule has 4 nitrogen and oxygen atoms in total. The zero-order valence-electron chi connectivity index (χ0n) is 11.9. The Morgan fingerprint density at radius 3 is 2.75 bits per heavy atom. The Balaban J connectivity index is 1.83. The highest BCUT2D eigenvalue weighted by Crippen LogP contribution is 2.38. The maximum Gasteiger partial charge on any atom is 0.282 e. The van der Waals surface area contributed by atoms with Gasteiger partial charge in [0.05, 0.1) is 6.04 Å². The van der Waals surface area contributed by atoms with Crippen molar-refractivity contribution in [2.45, 2.75) is 38.6 Å². The molecule has 1 aromatic heterocycles. The van der Waals surface area contributed by atoms with E-state index in [2.05, 4.69) is 13.0 Å². The summed E-state index contributed by atoms with van der Waals surface area (Å²) in [5.41, 5.74) is 0. The van der Waals surface area contributed by atoms with Crippen LogP contribution >= 0.6 is 11.3 Å². The summed E-state index contributed by atoms with van der Waals surface area (Å²) in [6.45, 7) is 4.16. The van der Waals surface area contributed by atoms with E-state index in [1.165, 1.54) is 4.88 Å². The first-order valence-electron chi connectivity index (χ1n) is 7.39. The first-order chi connectivity index (χ1) is 9.59. The summed E-state index contributed by atoms with van der Waals surface area (Å²) in [5.74, 6) is 0.473. The minimum Gasteiger partial charge on any atom is -0.195 e. The van der Waals surface area contributed by atoms with Gasteiger partial charge in [-0.05, 0) is 43.0 Å². The second-order valence-corrected chi connectivity index (χ2v) is 8.76. The van der Waals surface area contributed by atoms with E-state index in [1.807, 2.05) is 11.4 Å². The molecule has 2 atom stereocenters. The second kappa shape index (κ2) is 5.75. The third-order valence-electron chi connectivity index (χ3n) is 4.32. The molecule has 0 aliphatic carbocycles. The van der Waals surface area contributed by atoms with E-state index in [9.17, 15) is 8.42 Å². The first-order valence-corrected chi connectivity index (χ1v) is 9.67. The summed E-state index contributed by atoms with van der Waals surface area (Å²) in [4.78, 5) is 1.18. The van der Waals surface area contributed by atoms with Crippen LogP contribution < -0.4 is 0 Å². The summed E-state index contributed by atoms with van der Waals surface area (Å²) in [6, 6.07) is 4.12. The molecule has 2 aliphatic heterocycles. The predicted octanol–water partition coefficient (Wildman–Crippen LogP) is 2.86. The van der Waals surface area contributed by atoms with Crippen molar-refractivity contribution in [3.63, 3.8) is 0 Å². The number of rotatable bonds is 3. The SMILES string of the molecule is CC1CCCN(S(=O)(=O)N2CCCC2c2cccs2)C1. The van der Waals surface area contributed by atoms with Gasteiger partial charge in [0.25, 0.3) is 10.2 Å². The lowest BCUT2D eigenvalue weighted by Crippen LogP contribution is -2.47. The molecule has 0 N–H and O–H groups in total. The van der Waals surface area contributed by atoms with E-state index in [4.69, 9.17) is 0 Å². The van der Waals surface area contributed by atoms with Crippen molar-refractivity contribution in [1.29, 1.82) is 0 Å². The Morgan fingerprint density at radius 1 is 1.25 bits per heavy atom. The van der Waals surface area contributed by atoms with Crippen LogP contribution in [-0.4, -0.2) is 36.7 Å². The third kappa shape index (κ3) is 2.66. The Kier molecular flexibility index (Phi) is 4.17. The molecule has 2 aliphatic rings. The zero-order chi connectivity index (χ0) is 14.2. The molecule has 0 radical (unpaired) electrons. The van der Waals surface area contributed by atoms with Gasteiger partial charge in [0.1, 0.15) is 0 Å². The summed E-state index contributed by atoms with van der Waals surface area (Å²) in [6.07, 6.45) is 4.03. The molecular weight excluding hydrogens is 292 g/mol. The number of hydrogen-bond donors (Lipinski definition) is 0. The standard InChI is InChI=1S/C14H22N2O2S2/c1-12-5-2-8-15(11-12)20(17,18)16-9-3-6-13(16)14-7-4-10-19-14/h4,7,10,12-13H,2-3,5-6,8-9,11H2,1H3. The summed E-state index contributed by atoms with van der Waals surface area (Å²) in [5, 5.41) is 2.03. The fourth-order valence-corrected chi connectivity index (χ4v) is 6.23. The molecule has 0 saturated carbocycles. The molecule has 2 fully saturated rings. The molecular formula is C14H22N2O2S2. The van der Waals surface area contributed by atoms with Gasteiger partial charge in [-0.25, -0.2) is 0 Å². The van der Waals surface area contributed by atoms with Gasteiger partial charge in [-0.15, -0.1) is 11.3 Å². The van der Waals surface area contributed by atoms with Crippen molar-refractivity contribution in [3.8, 4) is 0 Å². The predicted molar refractivity (Wildman–Crippen MR) is 81.9 cm³/mol. The Hall–Kier alpha value is -0.430. The highest BCUT2D eigenvalue weighted by molar-refractivity contribution is 7.86. The van der Waals surface area contributed by atoms with Crippen LogP contribution in [0.15, 0.2) is 17.5 Å². The monoisotopic (exact) mass is 314 g/mol. The lowest BCUT2D eigenvalue weighted by molar-refractivity contribution is 0.254. The van der Waals surface area contributed by atoms with E-state index in [-0.39, 0.29) is 6.04 Å². The van der Waals surface area contributed by atoms with Gasteiger partial charge in [-0.2, -0.15) is 17.0 Å². The van der Waals surface area contributed by atoms with Crippen molar-refractivity contribution in [3.05, 3.63) is 22.4 Å². The molecule has 3 rings (SSSR count). The molecule has 112 valence electrons. The van der Waals surface area contributed by atoms with Gasteiger partial charge in [0.15, 0.2) is 0 Å². The highest BCUT2D eigenvalue weighted by atomic mass is 32.2. The van der Waals surface area contributed by atoms with Gasteiger partial charge >= 0.3 is 0 Å². The number of thiophene rings is 1. The zero-order valence-corrected chi connectivity index (χ0v) is 13.5. The Bertz CT molecular complexity index is 542. The second-order valence-electron chi connectivity index (χ2n) is 5.90. The minimum atomic E-state index is -3.30. The van der Waals surface area contributed by atoms with E-state index in [0.29, 0.717) is 25.6 Å². The Morgan fingerprint density at radius 2 is 2.05 bits per heavy atom. The maximum absolute atomic E-state index is 12.9. The third-order valence-corrected chi connectivity index (χ3v) is 7.31. The molecule has 0 amide bonds. The smallest absolute Gasteiger partial charge is 0.195 e.